The number of hydrogen-bond acceptors (Lipinski definition) is 5. The second-order valence-corrected chi connectivity index (χ2v) is 7.78. The highest BCUT2D eigenvalue weighted by atomic mass is 32.2. The maximum absolute atomic E-state index is 12.1. The predicted octanol–water partition coefficient (Wildman–Crippen LogP) is -0.00430. The first-order chi connectivity index (χ1) is 9.45. The van der Waals surface area contributed by atoms with E-state index in [-0.39, 0.29) is 17.7 Å². The van der Waals surface area contributed by atoms with Crippen LogP contribution in [0.3, 0.4) is 0 Å². The molecule has 1 N–H and O–H groups in total. The molecular formula is C13H24N2O4S. The third-order valence-electron chi connectivity index (χ3n) is 3.94. The molecule has 2 aliphatic rings. The molecule has 0 amide bonds. The molecule has 2 rings (SSSR count). The third kappa shape index (κ3) is 4.80. The van der Waals surface area contributed by atoms with Gasteiger partial charge >= 0.3 is 0 Å². The Morgan fingerprint density at radius 3 is 2.85 bits per heavy atom. The molecule has 7 heteroatoms. The number of ether oxygens (including phenoxy) is 1. The van der Waals surface area contributed by atoms with Crippen LogP contribution >= 0.6 is 0 Å². The molecule has 0 radical (unpaired) electrons. The fraction of sp³-hybridized carbons (Fsp3) is 0.923. The van der Waals surface area contributed by atoms with Gasteiger partial charge in [0.1, 0.15) is 5.78 Å². The van der Waals surface area contributed by atoms with Crippen LogP contribution in [0, 0.1) is 5.92 Å². The predicted molar refractivity (Wildman–Crippen MR) is 76.0 cm³/mol. The molecule has 2 atom stereocenters. The van der Waals surface area contributed by atoms with Gasteiger partial charge in [-0.15, -0.1) is 0 Å². The van der Waals surface area contributed by atoms with E-state index < -0.39 is 10.0 Å². The number of carbonyl (C=O) groups is 1. The van der Waals surface area contributed by atoms with Crippen molar-refractivity contribution in [3.05, 3.63) is 0 Å². The Labute approximate surface area is 120 Å². The van der Waals surface area contributed by atoms with Crippen LogP contribution in [0.2, 0.25) is 0 Å². The van der Waals surface area contributed by atoms with E-state index >= 15 is 0 Å². The van der Waals surface area contributed by atoms with E-state index in [9.17, 15) is 13.2 Å². The van der Waals surface area contributed by atoms with Gasteiger partial charge in [0.15, 0.2) is 0 Å². The largest absolute Gasteiger partial charge is 0.379 e. The summed E-state index contributed by atoms with van der Waals surface area (Å²) in [5, 5.41) is 3.27. The van der Waals surface area contributed by atoms with Crippen LogP contribution in [0.25, 0.3) is 0 Å². The lowest BCUT2D eigenvalue weighted by molar-refractivity contribution is -0.121. The van der Waals surface area contributed by atoms with Crippen LogP contribution in [0.5, 0.6) is 0 Å². The smallest absolute Gasteiger partial charge is 0.211 e. The van der Waals surface area contributed by atoms with Crippen molar-refractivity contribution in [2.24, 2.45) is 5.92 Å². The standard InChI is InChI=1S/C13H24N2O4S/c1-20(17,18)15-5-2-3-11(9-15)7-13(16)8-12-10-19-6-4-14-12/h11-12,14H,2-10H2,1H3. The first-order valence-electron chi connectivity index (χ1n) is 7.23. The second-order valence-electron chi connectivity index (χ2n) is 5.80. The Morgan fingerprint density at radius 1 is 1.40 bits per heavy atom. The van der Waals surface area contributed by atoms with Gasteiger partial charge in [0.25, 0.3) is 0 Å². The van der Waals surface area contributed by atoms with E-state index in [4.69, 9.17) is 4.74 Å². The van der Waals surface area contributed by atoms with Crippen molar-refractivity contribution in [3.8, 4) is 0 Å². The summed E-state index contributed by atoms with van der Waals surface area (Å²) < 4.78 is 29.9. The first-order valence-corrected chi connectivity index (χ1v) is 9.08. The summed E-state index contributed by atoms with van der Waals surface area (Å²) in [6.45, 7) is 3.16. The molecule has 2 fully saturated rings. The first kappa shape index (κ1) is 15.9. The molecule has 2 saturated heterocycles. The molecule has 2 unspecified atom stereocenters. The average Bonchev–Trinajstić information content (AvgIpc) is 2.39. The quantitative estimate of drug-likeness (QED) is 0.773. The Bertz CT molecular complexity index is 432. The van der Waals surface area contributed by atoms with Gasteiger partial charge in [-0.1, -0.05) is 0 Å². The number of morpholine rings is 1. The molecule has 0 aromatic rings. The maximum Gasteiger partial charge on any atom is 0.211 e. The lowest BCUT2D eigenvalue weighted by Crippen LogP contribution is -2.43. The molecule has 0 aliphatic carbocycles. The minimum absolute atomic E-state index is 0.117. The van der Waals surface area contributed by atoms with Crippen molar-refractivity contribution in [2.45, 2.75) is 31.7 Å². The van der Waals surface area contributed by atoms with E-state index in [1.165, 1.54) is 10.6 Å². The zero-order chi connectivity index (χ0) is 14.6. The molecular weight excluding hydrogens is 280 g/mol. The van der Waals surface area contributed by atoms with E-state index in [1.807, 2.05) is 0 Å². The van der Waals surface area contributed by atoms with Gasteiger partial charge in [-0.2, -0.15) is 0 Å². The Balaban J connectivity index is 1.78. The molecule has 116 valence electrons. The SMILES string of the molecule is CS(=O)(=O)N1CCCC(CC(=O)CC2COCCN2)C1. The second kappa shape index (κ2) is 6.98. The number of nitrogens with zero attached hydrogens (tertiary/aromatic N) is 1. The van der Waals surface area contributed by atoms with Gasteiger partial charge in [-0.25, -0.2) is 12.7 Å². The summed E-state index contributed by atoms with van der Waals surface area (Å²) >= 11 is 0. The summed E-state index contributed by atoms with van der Waals surface area (Å²) in [6.07, 6.45) is 3.97. The minimum Gasteiger partial charge on any atom is -0.379 e. The van der Waals surface area contributed by atoms with E-state index in [0.29, 0.717) is 39.1 Å². The summed E-state index contributed by atoms with van der Waals surface area (Å²) in [6, 6.07) is 0.117. The number of ketones is 1. The van der Waals surface area contributed by atoms with Crippen molar-refractivity contribution >= 4 is 15.8 Å². The normalized spacial score (nSPS) is 29.2. The van der Waals surface area contributed by atoms with Crippen LogP contribution in [0.4, 0.5) is 0 Å². The molecule has 0 bridgehead atoms. The zero-order valence-electron chi connectivity index (χ0n) is 12.0. The van der Waals surface area contributed by atoms with Gasteiger partial charge in [0, 0.05) is 38.5 Å². The van der Waals surface area contributed by atoms with Gasteiger partial charge in [-0.05, 0) is 18.8 Å². The number of Topliss-reactive ketones (excluding diaryl/α,β-unsaturated/α-hetero) is 1. The summed E-state index contributed by atoms with van der Waals surface area (Å²) in [4.78, 5) is 12.1. The van der Waals surface area contributed by atoms with Gasteiger partial charge in [0.05, 0.1) is 19.5 Å². The number of nitrogens with one attached hydrogen (secondary N) is 1. The summed E-state index contributed by atoms with van der Waals surface area (Å²) in [5.74, 6) is 0.365. The molecule has 0 spiro atoms. The van der Waals surface area contributed by atoms with Crippen molar-refractivity contribution in [2.75, 3.05) is 39.1 Å². The molecule has 0 aromatic carbocycles. The number of rotatable bonds is 5. The fourth-order valence-corrected chi connectivity index (χ4v) is 3.87. The highest BCUT2D eigenvalue weighted by molar-refractivity contribution is 7.88. The Kier molecular flexibility index (Phi) is 5.54. The summed E-state index contributed by atoms with van der Waals surface area (Å²) in [7, 11) is -3.13. The highest BCUT2D eigenvalue weighted by Gasteiger charge is 2.28. The number of piperidine rings is 1. The zero-order valence-corrected chi connectivity index (χ0v) is 12.8. The molecule has 2 aliphatic heterocycles. The van der Waals surface area contributed by atoms with E-state index in [1.54, 1.807) is 0 Å². The van der Waals surface area contributed by atoms with Crippen molar-refractivity contribution in [3.63, 3.8) is 0 Å². The topological polar surface area (TPSA) is 75.7 Å². The molecule has 0 saturated carbocycles. The van der Waals surface area contributed by atoms with Gasteiger partial charge < -0.3 is 10.1 Å². The molecule has 20 heavy (non-hydrogen) atoms. The van der Waals surface area contributed by atoms with Crippen LogP contribution in [-0.4, -0.2) is 63.7 Å². The van der Waals surface area contributed by atoms with Crippen LogP contribution in [0.15, 0.2) is 0 Å². The monoisotopic (exact) mass is 304 g/mol. The van der Waals surface area contributed by atoms with Crippen molar-refractivity contribution < 1.29 is 17.9 Å². The van der Waals surface area contributed by atoms with Crippen molar-refractivity contribution in [1.29, 1.82) is 0 Å². The van der Waals surface area contributed by atoms with Crippen molar-refractivity contribution in [1.82, 2.24) is 9.62 Å². The number of sulfonamides is 1. The number of hydrogen-bond donors (Lipinski definition) is 1. The molecule has 2 heterocycles. The highest BCUT2D eigenvalue weighted by Crippen LogP contribution is 2.22. The minimum atomic E-state index is -3.13. The van der Waals surface area contributed by atoms with Crippen LogP contribution < -0.4 is 5.32 Å². The van der Waals surface area contributed by atoms with Gasteiger partial charge in [-0.3, -0.25) is 4.79 Å². The number of carbonyl (C=O) groups excluding carboxylic acids is 1. The Hall–Kier alpha value is -0.500. The maximum atomic E-state index is 12.1. The average molecular weight is 304 g/mol. The third-order valence-corrected chi connectivity index (χ3v) is 5.21. The molecule has 6 nitrogen and oxygen atoms in total. The lowest BCUT2D eigenvalue weighted by Gasteiger charge is -2.31. The Morgan fingerprint density at radius 2 is 2.20 bits per heavy atom. The van der Waals surface area contributed by atoms with E-state index in [0.717, 1.165) is 19.4 Å². The molecule has 0 aromatic heterocycles. The van der Waals surface area contributed by atoms with E-state index in [2.05, 4.69) is 5.32 Å². The van der Waals surface area contributed by atoms with Crippen LogP contribution in [-0.2, 0) is 19.6 Å². The lowest BCUT2D eigenvalue weighted by atomic mass is 9.92. The van der Waals surface area contributed by atoms with Gasteiger partial charge in [0.2, 0.25) is 10.0 Å². The summed E-state index contributed by atoms with van der Waals surface area (Å²) in [5.41, 5.74) is 0. The fourth-order valence-electron chi connectivity index (χ4n) is 2.93. The van der Waals surface area contributed by atoms with Crippen LogP contribution in [0.1, 0.15) is 25.7 Å².